The molecule has 1 fully saturated rings. The lowest BCUT2D eigenvalue weighted by Gasteiger charge is -2.31. The van der Waals surface area contributed by atoms with Crippen LogP contribution in [-0.4, -0.2) is 52.7 Å². The second-order valence-electron chi connectivity index (χ2n) is 7.62. The summed E-state index contributed by atoms with van der Waals surface area (Å²) < 4.78 is 10.8. The number of carbonyl (C=O) groups is 2. The molecule has 1 aromatic heterocycles. The molecule has 156 valence electrons. The second kappa shape index (κ2) is 9.69. The van der Waals surface area contributed by atoms with Crippen molar-refractivity contribution in [2.75, 3.05) is 19.7 Å². The molecule has 0 bridgehead atoms. The number of aromatic nitrogens is 2. The number of ketones is 1. The van der Waals surface area contributed by atoms with E-state index < -0.39 is 5.97 Å². The van der Waals surface area contributed by atoms with Crippen molar-refractivity contribution < 1.29 is 19.1 Å². The highest BCUT2D eigenvalue weighted by Gasteiger charge is 2.28. The van der Waals surface area contributed by atoms with Gasteiger partial charge in [0.15, 0.2) is 5.78 Å². The first-order chi connectivity index (χ1) is 14.0. The summed E-state index contributed by atoms with van der Waals surface area (Å²) in [6, 6.07) is 7.42. The molecule has 0 aliphatic carbocycles. The number of Topliss-reactive ketones (excluding diaryl/α,β-unsaturated/α-hetero) is 1. The first kappa shape index (κ1) is 21.0. The summed E-state index contributed by atoms with van der Waals surface area (Å²) in [7, 11) is 0. The van der Waals surface area contributed by atoms with Crippen molar-refractivity contribution in [3.8, 4) is 5.75 Å². The Labute approximate surface area is 171 Å². The average Bonchev–Trinajstić information content (AvgIpc) is 3.16. The minimum Gasteiger partial charge on any atom is -0.491 e. The van der Waals surface area contributed by atoms with Gasteiger partial charge in [0.25, 0.3) is 0 Å². The zero-order valence-corrected chi connectivity index (χ0v) is 17.3. The standard InChI is InChI=1S/C22H29N3O4/c1-4-28-22(27)20-18(12-23-24-20)14-25-10-6-8-17(13-25)21(26)16-7-5-9-19(11-16)29-15(2)3/h5,7,9,11-12,15,17H,4,6,8,10,13-14H2,1-3H3,(H,23,24)/t17-/m0/s1. The number of esters is 1. The smallest absolute Gasteiger partial charge is 0.356 e. The fourth-order valence-electron chi connectivity index (χ4n) is 3.70. The topological polar surface area (TPSA) is 84.5 Å². The van der Waals surface area contributed by atoms with Crippen LogP contribution in [0.15, 0.2) is 30.5 Å². The SMILES string of the molecule is CCOC(=O)c1[nH]ncc1CN1CCC[C@H](C(=O)c2cccc(OC(C)C)c2)C1. The van der Waals surface area contributed by atoms with Gasteiger partial charge in [-0.3, -0.25) is 14.8 Å². The number of hydrogen-bond acceptors (Lipinski definition) is 6. The number of hydrogen-bond donors (Lipinski definition) is 1. The Morgan fingerprint density at radius 1 is 1.34 bits per heavy atom. The van der Waals surface area contributed by atoms with Gasteiger partial charge in [0.1, 0.15) is 11.4 Å². The molecule has 0 saturated carbocycles. The van der Waals surface area contributed by atoms with Crippen LogP contribution in [0.25, 0.3) is 0 Å². The monoisotopic (exact) mass is 399 g/mol. The molecule has 3 rings (SSSR count). The Morgan fingerprint density at radius 2 is 2.17 bits per heavy atom. The van der Waals surface area contributed by atoms with Crippen LogP contribution in [0, 0.1) is 5.92 Å². The Hall–Kier alpha value is -2.67. The highest BCUT2D eigenvalue weighted by atomic mass is 16.5. The van der Waals surface area contributed by atoms with Gasteiger partial charge >= 0.3 is 5.97 Å². The number of ether oxygens (including phenoxy) is 2. The zero-order chi connectivity index (χ0) is 20.8. The van der Waals surface area contributed by atoms with Gasteiger partial charge < -0.3 is 9.47 Å². The van der Waals surface area contributed by atoms with E-state index in [0.717, 1.165) is 30.7 Å². The van der Waals surface area contributed by atoms with E-state index in [4.69, 9.17) is 9.47 Å². The van der Waals surface area contributed by atoms with E-state index in [1.165, 1.54) is 0 Å². The van der Waals surface area contributed by atoms with Gasteiger partial charge in [0.05, 0.1) is 18.9 Å². The Bertz CT molecular complexity index is 846. The number of rotatable bonds is 8. The van der Waals surface area contributed by atoms with E-state index in [0.29, 0.717) is 31.0 Å². The van der Waals surface area contributed by atoms with Gasteiger partial charge in [-0.1, -0.05) is 12.1 Å². The molecule has 1 atom stereocenters. The molecule has 1 N–H and O–H groups in total. The molecule has 0 amide bonds. The number of benzene rings is 1. The van der Waals surface area contributed by atoms with Gasteiger partial charge in [0.2, 0.25) is 0 Å². The predicted octanol–water partition coefficient (Wildman–Crippen LogP) is 3.47. The van der Waals surface area contributed by atoms with E-state index in [9.17, 15) is 9.59 Å². The highest BCUT2D eigenvalue weighted by Crippen LogP contribution is 2.25. The van der Waals surface area contributed by atoms with Gasteiger partial charge in [0, 0.05) is 30.1 Å². The summed E-state index contributed by atoms with van der Waals surface area (Å²) in [5.41, 5.74) is 1.87. The summed E-state index contributed by atoms with van der Waals surface area (Å²) in [6.07, 6.45) is 3.52. The molecule has 0 spiro atoms. The third-order valence-corrected chi connectivity index (χ3v) is 4.96. The molecule has 0 radical (unpaired) electrons. The van der Waals surface area contributed by atoms with E-state index in [2.05, 4.69) is 15.1 Å². The van der Waals surface area contributed by atoms with Gasteiger partial charge in [-0.15, -0.1) is 0 Å². The molecule has 7 heteroatoms. The number of carbonyl (C=O) groups excluding carboxylic acids is 2. The fraction of sp³-hybridized carbons (Fsp3) is 0.500. The molecule has 1 aliphatic rings. The number of nitrogens with one attached hydrogen (secondary N) is 1. The van der Waals surface area contributed by atoms with Crippen molar-refractivity contribution in [3.63, 3.8) is 0 Å². The molecule has 7 nitrogen and oxygen atoms in total. The van der Waals surface area contributed by atoms with Crippen molar-refractivity contribution >= 4 is 11.8 Å². The minimum atomic E-state index is -0.397. The lowest BCUT2D eigenvalue weighted by atomic mass is 9.89. The molecule has 2 aromatic rings. The van der Waals surface area contributed by atoms with Crippen LogP contribution < -0.4 is 4.74 Å². The summed E-state index contributed by atoms with van der Waals surface area (Å²) in [5, 5.41) is 6.72. The molecule has 1 aliphatic heterocycles. The molecule has 1 saturated heterocycles. The summed E-state index contributed by atoms with van der Waals surface area (Å²) in [4.78, 5) is 27.3. The van der Waals surface area contributed by atoms with Gasteiger partial charge in [-0.05, 0) is 52.3 Å². The molecule has 0 unspecified atom stereocenters. The first-order valence-corrected chi connectivity index (χ1v) is 10.2. The Kier molecular flexibility index (Phi) is 7.04. The maximum absolute atomic E-state index is 13.1. The third-order valence-electron chi connectivity index (χ3n) is 4.96. The Morgan fingerprint density at radius 3 is 2.93 bits per heavy atom. The van der Waals surface area contributed by atoms with Crippen molar-refractivity contribution in [2.24, 2.45) is 5.92 Å². The zero-order valence-electron chi connectivity index (χ0n) is 17.3. The number of piperidine rings is 1. The van der Waals surface area contributed by atoms with E-state index in [-0.39, 0.29) is 17.8 Å². The fourth-order valence-corrected chi connectivity index (χ4v) is 3.70. The van der Waals surface area contributed by atoms with Crippen LogP contribution >= 0.6 is 0 Å². The lowest BCUT2D eigenvalue weighted by molar-refractivity contribution is 0.0515. The number of aromatic amines is 1. The molecular formula is C22H29N3O4. The van der Waals surface area contributed by atoms with Crippen molar-refractivity contribution in [1.82, 2.24) is 15.1 Å². The van der Waals surface area contributed by atoms with Crippen molar-refractivity contribution in [2.45, 2.75) is 46.3 Å². The molecular weight excluding hydrogens is 370 g/mol. The maximum atomic E-state index is 13.1. The van der Waals surface area contributed by atoms with Gasteiger partial charge in [-0.2, -0.15) is 5.10 Å². The quantitative estimate of drug-likeness (QED) is 0.540. The predicted molar refractivity (Wildman–Crippen MR) is 109 cm³/mol. The lowest BCUT2D eigenvalue weighted by Crippen LogP contribution is -2.38. The van der Waals surface area contributed by atoms with E-state index in [1.807, 2.05) is 38.1 Å². The van der Waals surface area contributed by atoms with Crippen LogP contribution in [0.3, 0.4) is 0 Å². The Balaban J connectivity index is 1.66. The van der Waals surface area contributed by atoms with Crippen molar-refractivity contribution in [3.05, 3.63) is 47.3 Å². The summed E-state index contributed by atoms with van der Waals surface area (Å²) >= 11 is 0. The third kappa shape index (κ3) is 5.44. The van der Waals surface area contributed by atoms with Gasteiger partial charge in [-0.25, -0.2) is 4.79 Å². The molecule has 2 heterocycles. The maximum Gasteiger partial charge on any atom is 0.356 e. The summed E-state index contributed by atoms with van der Waals surface area (Å²) in [5.74, 6) is 0.389. The van der Waals surface area contributed by atoms with Crippen LogP contribution in [0.2, 0.25) is 0 Å². The number of likely N-dealkylation sites (tertiary alicyclic amines) is 1. The average molecular weight is 399 g/mol. The molecule has 1 aromatic carbocycles. The molecule has 29 heavy (non-hydrogen) atoms. The first-order valence-electron chi connectivity index (χ1n) is 10.2. The van der Waals surface area contributed by atoms with Crippen LogP contribution in [0.4, 0.5) is 0 Å². The largest absolute Gasteiger partial charge is 0.491 e. The van der Waals surface area contributed by atoms with Crippen LogP contribution in [0.1, 0.15) is 60.0 Å². The number of H-pyrrole nitrogens is 1. The van der Waals surface area contributed by atoms with E-state index >= 15 is 0 Å². The van der Waals surface area contributed by atoms with Crippen LogP contribution in [0.5, 0.6) is 5.75 Å². The minimum absolute atomic E-state index is 0.0640. The number of nitrogens with zero attached hydrogens (tertiary/aromatic N) is 2. The van der Waals surface area contributed by atoms with E-state index in [1.54, 1.807) is 13.1 Å². The van der Waals surface area contributed by atoms with Crippen LogP contribution in [-0.2, 0) is 11.3 Å². The van der Waals surface area contributed by atoms with Crippen molar-refractivity contribution in [1.29, 1.82) is 0 Å². The highest BCUT2D eigenvalue weighted by molar-refractivity contribution is 5.98. The summed E-state index contributed by atoms with van der Waals surface area (Å²) in [6.45, 7) is 8.12. The second-order valence-corrected chi connectivity index (χ2v) is 7.62. The normalized spacial score (nSPS) is 17.3.